The second-order valence-corrected chi connectivity index (χ2v) is 58.9. The maximum atomic E-state index is 11.4. The molecule has 0 fully saturated rings. The topological polar surface area (TPSA) is 298 Å². The molecule has 85 heavy (non-hydrogen) atoms. The summed E-state index contributed by atoms with van der Waals surface area (Å²) in [6.07, 6.45) is 12.2. The minimum atomic E-state index is -2.11. The first-order chi connectivity index (χ1) is 40.2. The first kappa shape index (κ1) is 84.6. The maximum absolute atomic E-state index is 11.4. The fourth-order valence-corrected chi connectivity index (χ4v) is 41.3. The fourth-order valence-electron chi connectivity index (χ4n) is 11.9. The fraction of sp³-hybridized carbons (Fsp3) is 0.857. The van der Waals surface area contributed by atoms with Crippen LogP contribution >= 0.6 is 94.1 Å². The summed E-state index contributed by atoms with van der Waals surface area (Å²) >= 11 is 11.8. The van der Waals surface area contributed by atoms with Gasteiger partial charge in [0.25, 0.3) is 0 Å². The van der Waals surface area contributed by atoms with E-state index in [0.717, 1.165) is 196 Å². The van der Waals surface area contributed by atoms with E-state index in [-0.39, 0.29) is 46.0 Å². The van der Waals surface area contributed by atoms with Crippen LogP contribution in [-0.4, -0.2) is 221 Å². The average molecular weight is 1430 g/mol. The molecule has 0 atom stereocenters. The molecule has 0 saturated carbocycles. The zero-order valence-electron chi connectivity index (χ0n) is 51.7. The molecule has 0 radical (unpaired) electrons. The molecule has 496 valence electrons. The van der Waals surface area contributed by atoms with Gasteiger partial charge in [-0.25, -0.2) is 0 Å². The molecule has 0 amide bonds. The molecule has 0 rings (SSSR count). The maximum Gasteiger partial charge on any atom is 0.313 e. The van der Waals surface area contributed by atoms with Crippen molar-refractivity contribution in [3.63, 3.8) is 0 Å². The SMILES string of the molecule is C[Si](CCCSCC(=O)O)(CCCSCC(=O)O)CCC[Si](CCC[Si](C)(CCCSCC(=O)O)CCCSCC(=O)O)(CCC[Si](C)(CCCSCC(=O)O)CCCSCC(=O)O)CCC[Si](C)(CCCSCC(=O)O)CCCSCC(=O)O. The van der Waals surface area contributed by atoms with Gasteiger partial charge in [0.15, 0.2) is 0 Å². The van der Waals surface area contributed by atoms with Gasteiger partial charge in [-0.1, -0.05) is 149 Å². The third-order valence-electron chi connectivity index (χ3n) is 16.3. The van der Waals surface area contributed by atoms with E-state index >= 15 is 0 Å². The first-order valence-electron chi connectivity index (χ1n) is 30.5. The molecule has 29 heteroatoms. The highest BCUT2D eigenvalue weighted by Crippen LogP contribution is 2.42. The van der Waals surface area contributed by atoms with E-state index in [4.69, 9.17) is 0 Å². The molecule has 0 bridgehead atoms. The summed E-state index contributed by atoms with van der Waals surface area (Å²) in [6, 6.07) is 18.2. The van der Waals surface area contributed by atoms with E-state index in [0.29, 0.717) is 0 Å². The van der Waals surface area contributed by atoms with Crippen molar-refractivity contribution in [3.05, 3.63) is 0 Å². The summed E-state index contributed by atoms with van der Waals surface area (Å²) in [7, 11) is -9.60. The molecule has 0 aliphatic carbocycles. The summed E-state index contributed by atoms with van der Waals surface area (Å²) in [5, 5.41) is 75.0. The molecular weight excluding hydrogens is 1330 g/mol. The highest BCUT2D eigenvalue weighted by atomic mass is 32.2. The Bertz CT molecular complexity index is 1550. The van der Waals surface area contributed by atoms with Crippen molar-refractivity contribution in [2.45, 2.75) is 200 Å². The molecule has 0 spiro atoms. The Kier molecular flexibility index (Phi) is 51.0. The lowest BCUT2D eigenvalue weighted by Crippen LogP contribution is -2.39. The highest BCUT2D eigenvalue weighted by molar-refractivity contribution is 8.01. The summed E-state index contributed by atoms with van der Waals surface area (Å²) in [5.41, 5.74) is 0. The second-order valence-electron chi connectivity index (χ2n) is 24.6. The van der Waals surface area contributed by atoms with Crippen molar-refractivity contribution >= 4 is 182 Å². The van der Waals surface area contributed by atoms with Crippen LogP contribution in [0.2, 0.25) is 123 Å². The van der Waals surface area contributed by atoms with E-state index in [1.54, 1.807) is 0 Å². The van der Waals surface area contributed by atoms with Crippen molar-refractivity contribution in [2.75, 3.05) is 92.0 Å². The third-order valence-corrected chi connectivity index (χ3v) is 48.9. The molecule has 0 unspecified atom stereocenters. The van der Waals surface area contributed by atoms with Crippen LogP contribution in [-0.2, 0) is 38.4 Å². The molecular formula is C56H108O16S8Si5. The second kappa shape index (κ2) is 51.2. The van der Waals surface area contributed by atoms with Gasteiger partial charge < -0.3 is 40.9 Å². The van der Waals surface area contributed by atoms with E-state index < -0.39 is 88.1 Å². The van der Waals surface area contributed by atoms with Gasteiger partial charge in [-0.05, 0) is 97.4 Å². The number of rotatable bonds is 64. The molecule has 0 heterocycles. The Balaban J connectivity index is 7.61. The Morgan fingerprint density at radius 2 is 0.329 bits per heavy atom. The summed E-state index contributed by atoms with van der Waals surface area (Å²) < 4.78 is 0. The standard InChI is InChI=1S/C56H108O16S8Si5/c1-81(25-5-17-73-41-49(57)58,26-6-18-74-42-50(59)60)33-13-37-85(38-14-34-82(2,27-7-19-75-43-51(61)62)28-8-20-76-44-52(63)64,39-15-35-83(3,29-9-21-77-45-53(65)66)30-10-22-78-46-54(67)68)40-16-36-84(4,31-11-23-79-47-55(69)70)32-12-24-80-48-56(71)72/h5-48H2,1-4H3,(H,57,58)(H,59,60)(H,61,62)(H,63,64)(H,65,66)(H,67,68)(H,69,70)(H,71,72). The first-order valence-corrected chi connectivity index (χ1v) is 55.1. The van der Waals surface area contributed by atoms with Crippen molar-refractivity contribution in [1.82, 2.24) is 0 Å². The van der Waals surface area contributed by atoms with Gasteiger partial charge in [0.05, 0.1) is 86.4 Å². The molecule has 16 nitrogen and oxygen atoms in total. The molecule has 0 aromatic heterocycles. The largest absolute Gasteiger partial charge is 0.481 e. The van der Waals surface area contributed by atoms with Crippen LogP contribution in [0.15, 0.2) is 0 Å². The number of carbonyl (C=O) groups is 8. The number of aliphatic carboxylic acids is 8. The zero-order chi connectivity index (χ0) is 63.9. The number of thioether (sulfide) groups is 8. The summed E-state index contributed by atoms with van der Waals surface area (Å²) in [6.45, 7) is 10.1. The van der Waals surface area contributed by atoms with E-state index in [1.807, 2.05) is 0 Å². The summed E-state index contributed by atoms with van der Waals surface area (Å²) in [4.78, 5) is 91.4. The van der Waals surface area contributed by atoms with Crippen LogP contribution in [0.1, 0.15) is 77.0 Å². The minimum absolute atomic E-state index is 0.0814. The van der Waals surface area contributed by atoms with Crippen molar-refractivity contribution in [1.29, 1.82) is 0 Å². The number of hydrogen-bond acceptors (Lipinski definition) is 16. The van der Waals surface area contributed by atoms with Crippen LogP contribution < -0.4 is 0 Å². The van der Waals surface area contributed by atoms with Crippen molar-refractivity contribution < 1.29 is 79.2 Å². The lowest BCUT2D eigenvalue weighted by molar-refractivity contribution is -0.134. The predicted octanol–water partition coefficient (Wildman–Crippen LogP) is 15.0. The van der Waals surface area contributed by atoms with Gasteiger partial charge in [0.1, 0.15) is 0 Å². The monoisotopic (exact) mass is 1430 g/mol. The van der Waals surface area contributed by atoms with Crippen LogP contribution in [0, 0.1) is 0 Å². The van der Waals surface area contributed by atoms with Gasteiger partial charge in [0.2, 0.25) is 0 Å². The molecule has 0 aromatic carbocycles. The number of carboxylic acid groups (broad SMARTS) is 8. The predicted molar refractivity (Wildman–Crippen MR) is 384 cm³/mol. The van der Waals surface area contributed by atoms with Crippen LogP contribution in [0.25, 0.3) is 0 Å². The lowest BCUT2D eigenvalue weighted by Gasteiger charge is -2.38. The molecule has 0 saturated heterocycles. The highest BCUT2D eigenvalue weighted by Gasteiger charge is 2.38. The van der Waals surface area contributed by atoms with E-state index in [1.165, 1.54) is 118 Å². The Morgan fingerprint density at radius 3 is 0.447 bits per heavy atom. The van der Waals surface area contributed by atoms with Gasteiger partial charge in [-0.2, -0.15) is 94.1 Å². The van der Waals surface area contributed by atoms with Gasteiger partial charge in [0, 0.05) is 0 Å². The van der Waals surface area contributed by atoms with Gasteiger partial charge in [-0.3, -0.25) is 38.4 Å². The van der Waals surface area contributed by atoms with Crippen molar-refractivity contribution in [3.8, 4) is 0 Å². The molecule has 0 aliphatic heterocycles. The molecule has 0 aromatic rings. The third kappa shape index (κ3) is 51.9. The zero-order valence-corrected chi connectivity index (χ0v) is 63.3. The number of carboxylic acids is 8. The van der Waals surface area contributed by atoms with E-state index in [9.17, 15) is 79.2 Å². The smallest absolute Gasteiger partial charge is 0.313 e. The Labute approximate surface area is 548 Å². The van der Waals surface area contributed by atoms with Gasteiger partial charge >= 0.3 is 47.8 Å². The van der Waals surface area contributed by atoms with Crippen LogP contribution in [0.5, 0.6) is 0 Å². The summed E-state index contributed by atoms with van der Waals surface area (Å²) in [5.74, 6) is 0.487. The quantitative estimate of drug-likeness (QED) is 0.0207. The molecule has 8 N–H and O–H groups in total. The number of hydrogen-bond donors (Lipinski definition) is 8. The van der Waals surface area contributed by atoms with E-state index in [2.05, 4.69) is 26.2 Å². The normalized spacial score (nSPS) is 12.4. The lowest BCUT2D eigenvalue weighted by atomic mass is 10.5. The van der Waals surface area contributed by atoms with Crippen LogP contribution in [0.3, 0.4) is 0 Å². The van der Waals surface area contributed by atoms with Gasteiger partial charge in [-0.15, -0.1) is 0 Å². The van der Waals surface area contributed by atoms with Crippen molar-refractivity contribution in [2.24, 2.45) is 0 Å². The minimum Gasteiger partial charge on any atom is -0.481 e. The molecule has 0 aliphatic rings. The Hall–Kier alpha value is -0.356. The Morgan fingerprint density at radius 1 is 0.212 bits per heavy atom. The van der Waals surface area contributed by atoms with Crippen LogP contribution in [0.4, 0.5) is 0 Å². The average Bonchev–Trinajstić information content (AvgIpc) is 3.56.